The van der Waals surface area contributed by atoms with Gasteiger partial charge in [-0.15, -0.1) is 24.0 Å². The van der Waals surface area contributed by atoms with Crippen LogP contribution in [0.5, 0.6) is 5.75 Å². The van der Waals surface area contributed by atoms with Gasteiger partial charge in [-0.3, -0.25) is 4.99 Å². The SMILES string of the molecule is CN=C(NCCOc1cccc(Br)c1)NCC1(CCO)CCOC1.I. The Balaban J connectivity index is 0.00000312. The second-order valence-electron chi connectivity index (χ2n) is 5.93. The maximum Gasteiger partial charge on any atom is 0.191 e. The fourth-order valence-corrected chi connectivity index (χ4v) is 3.08. The van der Waals surface area contributed by atoms with Gasteiger partial charge in [0.2, 0.25) is 0 Å². The molecule has 1 aromatic carbocycles. The van der Waals surface area contributed by atoms with Gasteiger partial charge in [0.1, 0.15) is 12.4 Å². The molecule has 1 saturated heterocycles. The molecule has 1 atom stereocenters. The van der Waals surface area contributed by atoms with Crippen LogP contribution in [0.2, 0.25) is 0 Å². The van der Waals surface area contributed by atoms with Gasteiger partial charge in [0.25, 0.3) is 0 Å². The molecule has 6 nitrogen and oxygen atoms in total. The van der Waals surface area contributed by atoms with Gasteiger partial charge in [0, 0.05) is 36.7 Å². The molecular formula is C17H27BrIN3O3. The number of rotatable bonds is 8. The smallest absolute Gasteiger partial charge is 0.191 e. The molecule has 1 unspecified atom stereocenters. The number of guanidine groups is 1. The molecule has 2 rings (SSSR count). The van der Waals surface area contributed by atoms with Crippen molar-refractivity contribution in [2.75, 3.05) is 46.6 Å². The van der Waals surface area contributed by atoms with E-state index in [2.05, 4.69) is 31.6 Å². The molecule has 0 aromatic heterocycles. The Morgan fingerprint density at radius 3 is 2.92 bits per heavy atom. The maximum atomic E-state index is 9.27. The van der Waals surface area contributed by atoms with Crippen LogP contribution < -0.4 is 15.4 Å². The van der Waals surface area contributed by atoms with E-state index in [1.807, 2.05) is 24.3 Å². The Kier molecular flexibility index (Phi) is 10.7. The van der Waals surface area contributed by atoms with E-state index < -0.39 is 0 Å². The highest BCUT2D eigenvalue weighted by molar-refractivity contribution is 14.0. The number of nitrogens with one attached hydrogen (secondary N) is 2. The molecule has 1 fully saturated rings. The van der Waals surface area contributed by atoms with Crippen molar-refractivity contribution in [3.05, 3.63) is 28.7 Å². The minimum Gasteiger partial charge on any atom is -0.492 e. The topological polar surface area (TPSA) is 75.1 Å². The molecule has 142 valence electrons. The van der Waals surface area contributed by atoms with E-state index in [0.29, 0.717) is 19.8 Å². The number of aliphatic imine (C=N–C) groups is 1. The highest BCUT2D eigenvalue weighted by Crippen LogP contribution is 2.31. The number of halogens is 2. The number of aliphatic hydroxyl groups is 1. The minimum absolute atomic E-state index is 0. The molecule has 0 bridgehead atoms. The third kappa shape index (κ3) is 7.67. The molecule has 25 heavy (non-hydrogen) atoms. The Bertz CT molecular complexity index is 540. The predicted molar refractivity (Wildman–Crippen MR) is 114 cm³/mol. The zero-order chi connectivity index (χ0) is 17.3. The van der Waals surface area contributed by atoms with Crippen LogP contribution in [-0.2, 0) is 4.74 Å². The van der Waals surface area contributed by atoms with E-state index in [1.165, 1.54) is 0 Å². The summed E-state index contributed by atoms with van der Waals surface area (Å²) < 4.78 is 12.2. The molecule has 0 saturated carbocycles. The first-order valence-corrected chi connectivity index (χ1v) is 8.98. The molecule has 1 aromatic rings. The molecular weight excluding hydrogens is 501 g/mol. The number of hydrogen-bond donors (Lipinski definition) is 3. The number of benzene rings is 1. The molecule has 1 heterocycles. The molecule has 1 aliphatic heterocycles. The minimum atomic E-state index is -0.000808. The van der Waals surface area contributed by atoms with Crippen LogP contribution in [-0.4, -0.2) is 57.6 Å². The third-order valence-corrected chi connectivity index (χ3v) is 4.63. The van der Waals surface area contributed by atoms with Crippen molar-refractivity contribution in [1.82, 2.24) is 10.6 Å². The highest BCUT2D eigenvalue weighted by Gasteiger charge is 2.34. The van der Waals surface area contributed by atoms with Gasteiger partial charge < -0.3 is 25.2 Å². The van der Waals surface area contributed by atoms with E-state index in [9.17, 15) is 5.11 Å². The number of hydrogen-bond acceptors (Lipinski definition) is 4. The van der Waals surface area contributed by atoms with Crippen LogP contribution in [0, 0.1) is 5.41 Å². The molecule has 3 N–H and O–H groups in total. The third-order valence-electron chi connectivity index (χ3n) is 4.14. The van der Waals surface area contributed by atoms with Crippen molar-refractivity contribution in [3.8, 4) is 5.75 Å². The lowest BCUT2D eigenvalue weighted by atomic mass is 9.84. The first-order valence-electron chi connectivity index (χ1n) is 8.19. The standard InChI is InChI=1S/C17H26BrN3O3.HI/c1-19-16(21-12-17(5-8-22)6-9-23-13-17)20-7-10-24-15-4-2-3-14(18)11-15;/h2-4,11,22H,5-10,12-13H2,1H3,(H2,19,20,21);1H. The summed E-state index contributed by atoms with van der Waals surface area (Å²) in [5.41, 5.74) is -0.000808. The largest absolute Gasteiger partial charge is 0.492 e. The Morgan fingerprint density at radius 1 is 1.44 bits per heavy atom. The summed E-state index contributed by atoms with van der Waals surface area (Å²) in [7, 11) is 1.74. The second kappa shape index (κ2) is 11.9. The van der Waals surface area contributed by atoms with Crippen molar-refractivity contribution >= 4 is 45.9 Å². The average Bonchev–Trinajstić information content (AvgIpc) is 3.03. The van der Waals surface area contributed by atoms with E-state index in [0.717, 1.165) is 42.2 Å². The lowest BCUT2D eigenvalue weighted by molar-refractivity contribution is 0.127. The maximum absolute atomic E-state index is 9.27. The van der Waals surface area contributed by atoms with Crippen molar-refractivity contribution in [1.29, 1.82) is 0 Å². The molecule has 0 amide bonds. The number of nitrogens with zero attached hydrogens (tertiary/aromatic N) is 1. The van der Waals surface area contributed by atoms with E-state index >= 15 is 0 Å². The molecule has 0 radical (unpaired) electrons. The number of ether oxygens (including phenoxy) is 2. The second-order valence-corrected chi connectivity index (χ2v) is 6.85. The van der Waals surface area contributed by atoms with Crippen molar-refractivity contribution in [2.45, 2.75) is 12.8 Å². The van der Waals surface area contributed by atoms with Crippen LogP contribution in [0.3, 0.4) is 0 Å². The van der Waals surface area contributed by atoms with Crippen molar-refractivity contribution < 1.29 is 14.6 Å². The Labute approximate surface area is 174 Å². The zero-order valence-electron chi connectivity index (χ0n) is 14.5. The lowest BCUT2D eigenvalue weighted by Crippen LogP contribution is -2.45. The van der Waals surface area contributed by atoms with Crippen LogP contribution in [0.1, 0.15) is 12.8 Å². The summed E-state index contributed by atoms with van der Waals surface area (Å²) in [6, 6.07) is 7.77. The van der Waals surface area contributed by atoms with Gasteiger partial charge in [-0.05, 0) is 31.0 Å². The van der Waals surface area contributed by atoms with Gasteiger partial charge in [-0.1, -0.05) is 22.0 Å². The quantitative estimate of drug-likeness (QED) is 0.209. The van der Waals surface area contributed by atoms with E-state index in [1.54, 1.807) is 7.05 Å². The molecule has 1 aliphatic rings. The Hall–Kier alpha value is -0.580. The van der Waals surface area contributed by atoms with Gasteiger partial charge >= 0.3 is 0 Å². The van der Waals surface area contributed by atoms with Crippen LogP contribution >= 0.6 is 39.9 Å². The molecule has 8 heteroatoms. The van der Waals surface area contributed by atoms with Crippen LogP contribution in [0.25, 0.3) is 0 Å². The summed E-state index contributed by atoms with van der Waals surface area (Å²) in [5.74, 6) is 1.57. The monoisotopic (exact) mass is 527 g/mol. The molecule has 0 spiro atoms. The van der Waals surface area contributed by atoms with E-state index in [4.69, 9.17) is 9.47 Å². The summed E-state index contributed by atoms with van der Waals surface area (Å²) in [6.07, 6.45) is 1.70. The van der Waals surface area contributed by atoms with Gasteiger partial charge in [-0.25, -0.2) is 0 Å². The lowest BCUT2D eigenvalue weighted by Gasteiger charge is -2.27. The fourth-order valence-electron chi connectivity index (χ4n) is 2.70. The fraction of sp³-hybridized carbons (Fsp3) is 0.588. The summed E-state index contributed by atoms with van der Waals surface area (Å²) in [4.78, 5) is 4.23. The van der Waals surface area contributed by atoms with Crippen molar-refractivity contribution in [3.63, 3.8) is 0 Å². The summed E-state index contributed by atoms with van der Waals surface area (Å²) >= 11 is 3.42. The van der Waals surface area contributed by atoms with E-state index in [-0.39, 0.29) is 36.0 Å². The highest BCUT2D eigenvalue weighted by atomic mass is 127. The average molecular weight is 528 g/mol. The summed E-state index contributed by atoms with van der Waals surface area (Å²) in [5, 5.41) is 15.8. The zero-order valence-corrected chi connectivity index (χ0v) is 18.4. The number of aliphatic hydroxyl groups excluding tert-OH is 1. The molecule has 0 aliphatic carbocycles. The van der Waals surface area contributed by atoms with Crippen LogP contribution in [0.4, 0.5) is 0 Å². The first-order chi connectivity index (χ1) is 11.7. The predicted octanol–water partition coefficient (Wildman–Crippen LogP) is 2.40. The first kappa shape index (κ1) is 22.5. The van der Waals surface area contributed by atoms with Gasteiger partial charge in [-0.2, -0.15) is 0 Å². The van der Waals surface area contributed by atoms with Gasteiger partial charge in [0.05, 0.1) is 13.2 Å². The van der Waals surface area contributed by atoms with Crippen molar-refractivity contribution in [2.24, 2.45) is 10.4 Å². The summed E-state index contributed by atoms with van der Waals surface area (Å²) in [6.45, 7) is 3.55. The van der Waals surface area contributed by atoms with Crippen LogP contribution in [0.15, 0.2) is 33.7 Å². The normalized spacial score (nSPS) is 20.0. The van der Waals surface area contributed by atoms with Gasteiger partial charge in [0.15, 0.2) is 5.96 Å². The Morgan fingerprint density at radius 2 is 2.28 bits per heavy atom.